The Morgan fingerprint density at radius 1 is 0.939 bits per heavy atom. The summed E-state index contributed by atoms with van der Waals surface area (Å²) in [5.41, 5.74) is 3.44. The number of methoxy groups -OCH3 is 1. The van der Waals surface area contributed by atoms with E-state index in [0.29, 0.717) is 31.9 Å². The van der Waals surface area contributed by atoms with Crippen molar-refractivity contribution in [2.45, 2.75) is 19.5 Å². The fourth-order valence-electron chi connectivity index (χ4n) is 3.86. The van der Waals surface area contributed by atoms with Gasteiger partial charge in [-0.05, 0) is 47.9 Å². The summed E-state index contributed by atoms with van der Waals surface area (Å²) in [5, 5.41) is 5.70. The van der Waals surface area contributed by atoms with Crippen molar-refractivity contribution in [2.75, 3.05) is 30.4 Å². The van der Waals surface area contributed by atoms with Crippen LogP contribution in [0.5, 0.6) is 5.75 Å². The van der Waals surface area contributed by atoms with Crippen LogP contribution < -0.4 is 20.3 Å². The lowest BCUT2D eigenvalue weighted by atomic mass is 10.1. The van der Waals surface area contributed by atoms with Gasteiger partial charge in [-0.1, -0.05) is 48.5 Å². The Morgan fingerprint density at radius 2 is 1.73 bits per heavy atom. The van der Waals surface area contributed by atoms with E-state index in [9.17, 15) is 9.59 Å². The number of nitrogens with zero attached hydrogens (tertiary/aromatic N) is 2. The van der Waals surface area contributed by atoms with Gasteiger partial charge in [0.1, 0.15) is 5.75 Å². The smallest absolute Gasteiger partial charge is 0.324 e. The van der Waals surface area contributed by atoms with Crippen LogP contribution in [0.1, 0.15) is 17.5 Å². The maximum absolute atomic E-state index is 13.2. The molecule has 0 bridgehead atoms. The zero-order valence-corrected chi connectivity index (χ0v) is 18.7. The van der Waals surface area contributed by atoms with Gasteiger partial charge in [-0.2, -0.15) is 0 Å². The summed E-state index contributed by atoms with van der Waals surface area (Å²) < 4.78 is 5.30. The van der Waals surface area contributed by atoms with E-state index >= 15 is 0 Å². The van der Waals surface area contributed by atoms with E-state index in [1.807, 2.05) is 83.8 Å². The molecule has 0 saturated carbocycles. The molecule has 0 radical (unpaired) electrons. The number of carbonyl (C=O) groups is 2. The number of anilines is 2. The lowest BCUT2D eigenvalue weighted by Crippen LogP contribution is -2.49. The fraction of sp³-hybridized carbons (Fsp3) is 0.231. The second-order valence-corrected chi connectivity index (χ2v) is 7.90. The maximum atomic E-state index is 13.2. The molecule has 7 heteroatoms. The van der Waals surface area contributed by atoms with Crippen molar-refractivity contribution in [3.8, 4) is 5.75 Å². The first-order chi connectivity index (χ1) is 16.1. The number of rotatable bonds is 7. The van der Waals surface area contributed by atoms with Crippen LogP contribution in [-0.4, -0.2) is 37.2 Å². The second-order valence-electron chi connectivity index (χ2n) is 7.90. The van der Waals surface area contributed by atoms with Gasteiger partial charge in [0.2, 0.25) is 0 Å². The fourth-order valence-corrected chi connectivity index (χ4v) is 3.86. The van der Waals surface area contributed by atoms with Crippen LogP contribution in [0.3, 0.4) is 0 Å². The molecule has 1 fully saturated rings. The van der Waals surface area contributed by atoms with Gasteiger partial charge in [0.05, 0.1) is 7.11 Å². The Bertz CT molecular complexity index is 1100. The number of amides is 4. The first-order valence-corrected chi connectivity index (χ1v) is 11.0. The molecule has 0 aliphatic carbocycles. The van der Waals surface area contributed by atoms with E-state index in [4.69, 9.17) is 4.74 Å². The van der Waals surface area contributed by atoms with Crippen molar-refractivity contribution in [2.24, 2.45) is 0 Å². The quantitative estimate of drug-likeness (QED) is 0.547. The van der Waals surface area contributed by atoms with E-state index < -0.39 is 0 Å². The topological polar surface area (TPSA) is 73.9 Å². The maximum Gasteiger partial charge on any atom is 0.324 e. The van der Waals surface area contributed by atoms with Gasteiger partial charge in [0, 0.05) is 37.6 Å². The van der Waals surface area contributed by atoms with Gasteiger partial charge >= 0.3 is 12.1 Å². The predicted octanol–water partition coefficient (Wildman–Crippen LogP) is 4.85. The van der Waals surface area contributed by atoms with Crippen LogP contribution >= 0.6 is 0 Å². The minimum atomic E-state index is -0.291. The van der Waals surface area contributed by atoms with Crippen molar-refractivity contribution in [1.82, 2.24) is 10.2 Å². The SMILES string of the molecule is COc1cccc(CN2CCCN(c3cccc(NC(=O)NCc4ccccc4)c3)C2=O)c1. The summed E-state index contributed by atoms with van der Waals surface area (Å²) in [6, 6.07) is 24.5. The Balaban J connectivity index is 1.39. The lowest BCUT2D eigenvalue weighted by molar-refractivity contribution is 0.192. The molecular weight excluding hydrogens is 416 g/mol. The first kappa shape index (κ1) is 22.2. The molecule has 0 unspecified atom stereocenters. The van der Waals surface area contributed by atoms with Crippen LogP contribution in [0.15, 0.2) is 78.9 Å². The minimum Gasteiger partial charge on any atom is -0.497 e. The number of hydrogen-bond donors (Lipinski definition) is 2. The van der Waals surface area contributed by atoms with Crippen molar-refractivity contribution in [3.05, 3.63) is 90.0 Å². The molecule has 4 amide bonds. The molecule has 0 aromatic heterocycles. The molecule has 3 aromatic rings. The molecule has 1 saturated heterocycles. The lowest BCUT2D eigenvalue weighted by Gasteiger charge is -2.36. The van der Waals surface area contributed by atoms with Crippen molar-refractivity contribution < 1.29 is 14.3 Å². The summed E-state index contributed by atoms with van der Waals surface area (Å²) in [6.45, 7) is 2.30. The average Bonchev–Trinajstić information content (AvgIpc) is 2.85. The molecule has 3 aromatic carbocycles. The van der Waals surface area contributed by atoms with E-state index in [-0.39, 0.29) is 12.1 Å². The van der Waals surface area contributed by atoms with Gasteiger partial charge < -0.3 is 20.3 Å². The Hall–Kier alpha value is -4.00. The van der Waals surface area contributed by atoms with Crippen LogP contribution in [0.2, 0.25) is 0 Å². The number of ether oxygens (including phenoxy) is 1. The molecule has 4 rings (SSSR count). The summed E-state index contributed by atoms with van der Waals surface area (Å²) >= 11 is 0. The van der Waals surface area contributed by atoms with Gasteiger partial charge in [-0.15, -0.1) is 0 Å². The molecule has 0 atom stereocenters. The third-order valence-corrected chi connectivity index (χ3v) is 5.53. The number of benzene rings is 3. The van der Waals surface area contributed by atoms with Crippen LogP contribution in [0, 0.1) is 0 Å². The molecule has 1 heterocycles. The van der Waals surface area contributed by atoms with Crippen molar-refractivity contribution in [1.29, 1.82) is 0 Å². The molecule has 7 nitrogen and oxygen atoms in total. The van der Waals surface area contributed by atoms with Gasteiger partial charge in [0.15, 0.2) is 0 Å². The Kier molecular flexibility index (Phi) is 7.09. The van der Waals surface area contributed by atoms with E-state index in [0.717, 1.165) is 29.0 Å². The van der Waals surface area contributed by atoms with Gasteiger partial charge in [-0.25, -0.2) is 9.59 Å². The van der Waals surface area contributed by atoms with Gasteiger partial charge in [-0.3, -0.25) is 4.90 Å². The number of urea groups is 2. The number of hydrogen-bond acceptors (Lipinski definition) is 3. The zero-order valence-electron chi connectivity index (χ0n) is 18.7. The Labute approximate surface area is 194 Å². The summed E-state index contributed by atoms with van der Waals surface area (Å²) in [7, 11) is 1.63. The van der Waals surface area contributed by atoms with Crippen molar-refractivity contribution >= 4 is 23.4 Å². The molecule has 1 aliphatic heterocycles. The summed E-state index contributed by atoms with van der Waals surface area (Å²) in [5.74, 6) is 0.776. The van der Waals surface area contributed by atoms with E-state index in [2.05, 4.69) is 10.6 Å². The highest BCUT2D eigenvalue weighted by Crippen LogP contribution is 2.25. The highest BCUT2D eigenvalue weighted by molar-refractivity contribution is 5.95. The summed E-state index contributed by atoms with van der Waals surface area (Å²) in [4.78, 5) is 29.1. The predicted molar refractivity (Wildman–Crippen MR) is 130 cm³/mol. The third-order valence-electron chi connectivity index (χ3n) is 5.53. The zero-order chi connectivity index (χ0) is 23.0. The molecule has 33 heavy (non-hydrogen) atoms. The molecule has 170 valence electrons. The number of nitrogens with one attached hydrogen (secondary N) is 2. The largest absolute Gasteiger partial charge is 0.497 e. The summed E-state index contributed by atoms with van der Waals surface area (Å²) in [6.07, 6.45) is 0.866. The van der Waals surface area contributed by atoms with Crippen LogP contribution in [-0.2, 0) is 13.1 Å². The standard InChI is InChI=1S/C26H28N4O3/c1-33-24-13-5-10-21(16-24)19-29-14-7-15-30(26(29)32)23-12-6-11-22(17-23)28-25(31)27-18-20-8-3-2-4-9-20/h2-6,8-13,16-17H,7,14-15,18-19H2,1H3,(H2,27,28,31). The third kappa shape index (κ3) is 5.83. The number of carbonyl (C=O) groups excluding carboxylic acids is 2. The molecule has 2 N–H and O–H groups in total. The van der Waals surface area contributed by atoms with Crippen molar-refractivity contribution in [3.63, 3.8) is 0 Å². The second kappa shape index (κ2) is 10.5. The Morgan fingerprint density at radius 3 is 2.55 bits per heavy atom. The van der Waals surface area contributed by atoms with Crippen LogP contribution in [0.4, 0.5) is 21.0 Å². The monoisotopic (exact) mass is 444 g/mol. The highest BCUT2D eigenvalue weighted by atomic mass is 16.5. The average molecular weight is 445 g/mol. The van der Waals surface area contributed by atoms with Gasteiger partial charge in [0.25, 0.3) is 0 Å². The normalized spacial score (nSPS) is 13.5. The first-order valence-electron chi connectivity index (χ1n) is 11.0. The van der Waals surface area contributed by atoms with Crippen LogP contribution in [0.25, 0.3) is 0 Å². The van der Waals surface area contributed by atoms with E-state index in [1.54, 1.807) is 12.0 Å². The minimum absolute atomic E-state index is 0.0465. The van der Waals surface area contributed by atoms with E-state index in [1.165, 1.54) is 0 Å². The highest BCUT2D eigenvalue weighted by Gasteiger charge is 2.27. The molecule has 1 aliphatic rings. The molecular formula is C26H28N4O3. The molecule has 0 spiro atoms.